The van der Waals surface area contributed by atoms with Crippen LogP contribution in [0.25, 0.3) is 0 Å². The third kappa shape index (κ3) is 6.76. The molecule has 0 saturated carbocycles. The van der Waals surface area contributed by atoms with Crippen molar-refractivity contribution in [2.45, 2.75) is 20.0 Å². The summed E-state index contributed by atoms with van der Waals surface area (Å²) in [6.45, 7) is 8.71. The average molecular weight is 397 g/mol. The highest BCUT2D eigenvalue weighted by molar-refractivity contribution is 5.79. The number of nitrogens with one attached hydrogen (secondary N) is 2. The molecule has 1 saturated heterocycles. The Hall–Kier alpha value is -2.57. The molecular weight excluding hydrogens is 364 g/mol. The van der Waals surface area contributed by atoms with Gasteiger partial charge in [0.15, 0.2) is 5.96 Å². The zero-order valence-electron chi connectivity index (χ0n) is 17.5. The second-order valence-corrected chi connectivity index (χ2v) is 7.12. The molecule has 0 bridgehead atoms. The van der Waals surface area contributed by atoms with E-state index in [2.05, 4.69) is 57.8 Å². The van der Waals surface area contributed by atoms with Gasteiger partial charge in [0.2, 0.25) is 0 Å². The van der Waals surface area contributed by atoms with Gasteiger partial charge in [-0.05, 0) is 24.1 Å². The molecule has 0 amide bonds. The molecule has 0 aliphatic carbocycles. The summed E-state index contributed by atoms with van der Waals surface area (Å²) >= 11 is 0. The number of nitrogens with zero attached hydrogens (tertiary/aromatic N) is 2. The Kier molecular flexibility index (Phi) is 8.34. The average Bonchev–Trinajstić information content (AvgIpc) is 2.76. The van der Waals surface area contributed by atoms with E-state index in [0.717, 1.165) is 56.7 Å². The molecule has 6 nitrogen and oxygen atoms in total. The topological polar surface area (TPSA) is 58.1 Å². The number of guanidine groups is 1. The van der Waals surface area contributed by atoms with Crippen molar-refractivity contribution >= 4 is 5.96 Å². The highest BCUT2D eigenvalue weighted by Crippen LogP contribution is 2.17. The van der Waals surface area contributed by atoms with Crippen LogP contribution in [-0.4, -0.2) is 57.4 Å². The van der Waals surface area contributed by atoms with Gasteiger partial charge >= 0.3 is 0 Å². The molecule has 2 aromatic rings. The van der Waals surface area contributed by atoms with E-state index >= 15 is 0 Å². The van der Waals surface area contributed by atoms with Crippen LogP contribution >= 0.6 is 0 Å². The van der Waals surface area contributed by atoms with Crippen molar-refractivity contribution in [3.63, 3.8) is 0 Å². The predicted molar refractivity (Wildman–Crippen MR) is 117 cm³/mol. The smallest absolute Gasteiger partial charge is 0.191 e. The van der Waals surface area contributed by atoms with Gasteiger partial charge in [-0.25, -0.2) is 0 Å². The summed E-state index contributed by atoms with van der Waals surface area (Å²) in [5.74, 6) is 1.69. The second-order valence-electron chi connectivity index (χ2n) is 7.12. The molecule has 0 unspecified atom stereocenters. The Labute approximate surface area is 173 Å². The number of hydrogen-bond acceptors (Lipinski definition) is 4. The summed E-state index contributed by atoms with van der Waals surface area (Å²) < 4.78 is 11.5. The number of aliphatic imine (C=N–C) groups is 1. The first kappa shape index (κ1) is 21.1. The first-order valence-electron chi connectivity index (χ1n) is 10.3. The van der Waals surface area contributed by atoms with Crippen molar-refractivity contribution in [1.29, 1.82) is 0 Å². The molecule has 0 aromatic heterocycles. The minimum Gasteiger partial charge on any atom is -0.492 e. The molecule has 3 rings (SSSR count). The van der Waals surface area contributed by atoms with Crippen LogP contribution in [0.15, 0.2) is 53.5 Å². The molecule has 1 fully saturated rings. The number of benzene rings is 2. The molecule has 2 N–H and O–H groups in total. The summed E-state index contributed by atoms with van der Waals surface area (Å²) in [6.07, 6.45) is 0. The lowest BCUT2D eigenvalue weighted by molar-refractivity contribution is 0.0322. The molecule has 1 aliphatic rings. The van der Waals surface area contributed by atoms with Crippen molar-refractivity contribution in [1.82, 2.24) is 15.5 Å². The molecule has 6 heteroatoms. The molecule has 0 radical (unpaired) electrons. The van der Waals surface area contributed by atoms with Gasteiger partial charge in [-0.1, -0.05) is 42.5 Å². The summed E-state index contributed by atoms with van der Waals surface area (Å²) in [6, 6.07) is 16.5. The maximum Gasteiger partial charge on any atom is 0.191 e. The minimum atomic E-state index is 0.654. The highest BCUT2D eigenvalue weighted by Gasteiger charge is 2.11. The monoisotopic (exact) mass is 396 g/mol. The second kappa shape index (κ2) is 11.4. The fourth-order valence-corrected chi connectivity index (χ4v) is 3.29. The summed E-state index contributed by atoms with van der Waals surface area (Å²) in [4.78, 5) is 6.71. The van der Waals surface area contributed by atoms with Gasteiger partial charge in [-0.15, -0.1) is 0 Å². The van der Waals surface area contributed by atoms with Crippen LogP contribution in [0.3, 0.4) is 0 Å². The van der Waals surface area contributed by atoms with E-state index in [1.54, 1.807) is 7.05 Å². The number of morpholine rings is 1. The SMILES string of the molecule is CN=C(NCc1ccccc1C)NCc1ccccc1OCCN1CCOCC1. The van der Waals surface area contributed by atoms with Gasteiger partial charge in [0.1, 0.15) is 12.4 Å². The Morgan fingerprint density at radius 1 is 1.00 bits per heavy atom. The molecule has 0 spiro atoms. The minimum absolute atomic E-state index is 0.654. The molecular formula is C23H32N4O2. The summed E-state index contributed by atoms with van der Waals surface area (Å²) in [5.41, 5.74) is 3.66. The van der Waals surface area contributed by atoms with Crippen LogP contribution in [0.2, 0.25) is 0 Å². The number of aryl methyl sites for hydroxylation is 1. The normalized spacial score (nSPS) is 15.2. The van der Waals surface area contributed by atoms with E-state index < -0.39 is 0 Å². The van der Waals surface area contributed by atoms with Crippen molar-refractivity contribution in [3.05, 3.63) is 65.2 Å². The van der Waals surface area contributed by atoms with Gasteiger partial charge in [-0.3, -0.25) is 9.89 Å². The summed E-state index contributed by atoms with van der Waals surface area (Å²) in [7, 11) is 1.79. The van der Waals surface area contributed by atoms with Crippen LogP contribution in [0.1, 0.15) is 16.7 Å². The quantitative estimate of drug-likeness (QED) is 0.531. The van der Waals surface area contributed by atoms with Crippen LogP contribution in [0.5, 0.6) is 5.75 Å². The van der Waals surface area contributed by atoms with Gasteiger partial charge in [0, 0.05) is 45.3 Å². The van der Waals surface area contributed by atoms with Gasteiger partial charge in [0.05, 0.1) is 13.2 Å². The maximum atomic E-state index is 6.07. The van der Waals surface area contributed by atoms with E-state index in [1.807, 2.05) is 18.2 Å². The molecule has 1 heterocycles. The van der Waals surface area contributed by atoms with Crippen molar-refractivity contribution in [3.8, 4) is 5.75 Å². The fourth-order valence-electron chi connectivity index (χ4n) is 3.29. The van der Waals surface area contributed by atoms with Crippen LogP contribution in [-0.2, 0) is 17.8 Å². The Morgan fingerprint density at radius 3 is 2.38 bits per heavy atom. The number of ether oxygens (including phenoxy) is 2. The number of para-hydroxylation sites is 1. The molecule has 0 atom stereocenters. The largest absolute Gasteiger partial charge is 0.492 e. The molecule has 29 heavy (non-hydrogen) atoms. The van der Waals surface area contributed by atoms with E-state index in [-0.39, 0.29) is 0 Å². The maximum absolute atomic E-state index is 6.07. The van der Waals surface area contributed by atoms with E-state index in [9.17, 15) is 0 Å². The Morgan fingerprint density at radius 2 is 1.66 bits per heavy atom. The summed E-state index contributed by atoms with van der Waals surface area (Å²) in [5, 5.41) is 6.77. The first-order valence-corrected chi connectivity index (χ1v) is 10.3. The third-order valence-electron chi connectivity index (χ3n) is 5.12. The predicted octanol–water partition coefficient (Wildman–Crippen LogP) is 2.57. The zero-order chi connectivity index (χ0) is 20.3. The van der Waals surface area contributed by atoms with Crippen LogP contribution in [0, 0.1) is 6.92 Å². The Bertz CT molecular complexity index is 788. The lowest BCUT2D eigenvalue weighted by Crippen LogP contribution is -2.38. The van der Waals surface area contributed by atoms with Crippen LogP contribution < -0.4 is 15.4 Å². The molecule has 156 valence electrons. The van der Waals surface area contributed by atoms with Gasteiger partial charge in [0.25, 0.3) is 0 Å². The van der Waals surface area contributed by atoms with Crippen molar-refractivity contribution in [2.75, 3.05) is 46.5 Å². The van der Waals surface area contributed by atoms with E-state index in [0.29, 0.717) is 13.2 Å². The first-order chi connectivity index (χ1) is 14.3. The van der Waals surface area contributed by atoms with Gasteiger partial charge in [-0.2, -0.15) is 0 Å². The number of rotatable bonds is 8. The van der Waals surface area contributed by atoms with Gasteiger partial charge < -0.3 is 20.1 Å². The van der Waals surface area contributed by atoms with E-state index in [1.165, 1.54) is 11.1 Å². The number of hydrogen-bond donors (Lipinski definition) is 2. The lowest BCUT2D eigenvalue weighted by Gasteiger charge is -2.26. The molecule has 2 aromatic carbocycles. The standard InChI is InChI=1S/C23H32N4O2/c1-19-7-3-4-8-20(19)17-25-23(24-2)26-18-21-9-5-6-10-22(21)29-16-13-27-11-14-28-15-12-27/h3-10H,11-18H2,1-2H3,(H2,24,25,26). The van der Waals surface area contributed by atoms with Crippen molar-refractivity contribution in [2.24, 2.45) is 4.99 Å². The lowest BCUT2D eigenvalue weighted by atomic mass is 10.1. The van der Waals surface area contributed by atoms with E-state index in [4.69, 9.17) is 9.47 Å². The fraction of sp³-hybridized carbons (Fsp3) is 0.435. The van der Waals surface area contributed by atoms with Crippen LogP contribution in [0.4, 0.5) is 0 Å². The Balaban J connectivity index is 1.48. The van der Waals surface area contributed by atoms with Crippen molar-refractivity contribution < 1.29 is 9.47 Å². The highest BCUT2D eigenvalue weighted by atomic mass is 16.5. The zero-order valence-corrected chi connectivity index (χ0v) is 17.5. The third-order valence-corrected chi connectivity index (χ3v) is 5.12. The molecule has 1 aliphatic heterocycles.